The van der Waals surface area contributed by atoms with Crippen molar-refractivity contribution in [1.29, 1.82) is 0 Å². The molecule has 5 aromatic rings. The van der Waals surface area contributed by atoms with Crippen LogP contribution in [0.5, 0.6) is 0 Å². The lowest BCUT2D eigenvalue weighted by molar-refractivity contribution is 0.592. The summed E-state index contributed by atoms with van der Waals surface area (Å²) in [6.45, 7) is 16.4. The maximum atomic E-state index is 15.8. The van der Waals surface area contributed by atoms with Gasteiger partial charge in [0, 0.05) is 31.8 Å². The maximum absolute atomic E-state index is 15.8. The normalized spacial score (nSPS) is 12.0. The summed E-state index contributed by atoms with van der Waals surface area (Å²) in [4.78, 5) is 0. The van der Waals surface area contributed by atoms with Crippen LogP contribution in [0.3, 0.4) is 0 Å². The van der Waals surface area contributed by atoms with Gasteiger partial charge >= 0.3 is 0 Å². The van der Waals surface area contributed by atoms with E-state index in [0.717, 1.165) is 65.7 Å². The quantitative estimate of drug-likeness (QED) is 0.193. The van der Waals surface area contributed by atoms with Crippen molar-refractivity contribution in [3.63, 3.8) is 0 Å². The fraction of sp³-hybridized carbons (Fsp3) is 0.211. The van der Waals surface area contributed by atoms with E-state index < -0.39 is 14.3 Å². The molecule has 0 fully saturated rings. The highest BCUT2D eigenvalue weighted by Gasteiger charge is 2.37. The van der Waals surface area contributed by atoms with Gasteiger partial charge in [-0.25, -0.2) is 0 Å². The van der Waals surface area contributed by atoms with Gasteiger partial charge in [-0.1, -0.05) is 113 Å². The van der Waals surface area contributed by atoms with Gasteiger partial charge in [-0.2, -0.15) is 0 Å². The number of aryl methyl sites for hydroxylation is 8. The molecule has 2 nitrogen and oxygen atoms in total. The summed E-state index contributed by atoms with van der Waals surface area (Å²) in [5.74, 6) is 0. The molecule has 0 unspecified atom stereocenters. The molecule has 0 heterocycles. The second-order valence-corrected chi connectivity index (χ2v) is 17.3. The van der Waals surface area contributed by atoms with Gasteiger partial charge < -0.3 is 9.13 Å². The van der Waals surface area contributed by atoms with E-state index in [0.29, 0.717) is 10.6 Å². The van der Waals surface area contributed by atoms with E-state index in [1.165, 1.54) is 0 Å². The van der Waals surface area contributed by atoms with Crippen molar-refractivity contribution in [2.24, 2.45) is 0 Å². The summed E-state index contributed by atoms with van der Waals surface area (Å²) >= 11 is 0. The number of hydrogen-bond acceptors (Lipinski definition) is 2. The highest BCUT2D eigenvalue weighted by Crippen LogP contribution is 2.48. The van der Waals surface area contributed by atoms with E-state index in [1.807, 2.05) is 100 Å². The topological polar surface area (TPSA) is 34.1 Å². The SMILES string of the molecule is Cc1ccc(P(=O)(c2cccc(P(=O)(c3ccc(C)cc3C)c3ccc(C)cc3C)c2)c2ccc(C)cc2C)c(C)c1. The minimum atomic E-state index is -3.33. The van der Waals surface area contributed by atoms with Gasteiger partial charge in [0.2, 0.25) is 0 Å². The molecular formula is C38H40O2P2. The predicted molar refractivity (Wildman–Crippen MR) is 183 cm³/mol. The van der Waals surface area contributed by atoms with Gasteiger partial charge in [0.25, 0.3) is 0 Å². The lowest BCUT2D eigenvalue weighted by atomic mass is 10.1. The molecule has 0 aromatic heterocycles. The van der Waals surface area contributed by atoms with E-state index in [2.05, 4.69) is 52.0 Å². The second kappa shape index (κ2) is 11.3. The Morgan fingerprint density at radius 1 is 0.357 bits per heavy atom. The van der Waals surface area contributed by atoms with Gasteiger partial charge in [-0.15, -0.1) is 0 Å². The van der Waals surface area contributed by atoms with Crippen LogP contribution in [0.1, 0.15) is 44.5 Å². The molecule has 0 aliphatic heterocycles. The van der Waals surface area contributed by atoms with Gasteiger partial charge in [0.05, 0.1) is 0 Å². The van der Waals surface area contributed by atoms with Crippen molar-refractivity contribution in [2.75, 3.05) is 0 Å². The van der Waals surface area contributed by atoms with Crippen molar-refractivity contribution >= 4 is 46.1 Å². The highest BCUT2D eigenvalue weighted by molar-refractivity contribution is 7.87. The molecular weight excluding hydrogens is 550 g/mol. The first-order valence-corrected chi connectivity index (χ1v) is 17.9. The monoisotopic (exact) mass is 590 g/mol. The van der Waals surface area contributed by atoms with E-state index in [9.17, 15) is 0 Å². The zero-order chi connectivity index (χ0) is 30.4. The van der Waals surface area contributed by atoms with Crippen molar-refractivity contribution in [1.82, 2.24) is 0 Å². The highest BCUT2D eigenvalue weighted by atomic mass is 31.2. The molecule has 0 bridgehead atoms. The van der Waals surface area contributed by atoms with Crippen LogP contribution in [-0.2, 0) is 9.13 Å². The summed E-state index contributed by atoms with van der Waals surface area (Å²) in [6.07, 6.45) is 0. The van der Waals surface area contributed by atoms with E-state index >= 15 is 9.13 Å². The summed E-state index contributed by atoms with van der Waals surface area (Å²) < 4.78 is 31.5. The third-order valence-electron chi connectivity index (χ3n) is 8.32. The second-order valence-electron chi connectivity index (χ2n) is 11.9. The summed E-state index contributed by atoms with van der Waals surface area (Å²) in [5.41, 5.74) is 8.51. The van der Waals surface area contributed by atoms with E-state index in [-0.39, 0.29) is 0 Å². The first kappa shape index (κ1) is 30.0. The largest absolute Gasteiger partial charge is 0.309 e. The molecule has 0 atom stereocenters. The Bertz CT molecular complexity index is 1690. The van der Waals surface area contributed by atoms with Crippen LogP contribution in [-0.4, -0.2) is 0 Å². The van der Waals surface area contributed by atoms with Crippen LogP contribution < -0.4 is 31.8 Å². The fourth-order valence-electron chi connectivity index (χ4n) is 6.34. The minimum Gasteiger partial charge on any atom is -0.309 e. The van der Waals surface area contributed by atoms with Crippen molar-refractivity contribution in [2.45, 2.75) is 55.4 Å². The molecule has 0 saturated heterocycles. The van der Waals surface area contributed by atoms with Crippen LogP contribution >= 0.6 is 14.3 Å². The average Bonchev–Trinajstić information content (AvgIpc) is 2.92. The van der Waals surface area contributed by atoms with Crippen molar-refractivity contribution < 1.29 is 9.13 Å². The third-order valence-corrected chi connectivity index (χ3v) is 15.1. The molecule has 0 aliphatic carbocycles. The fourth-order valence-corrected chi connectivity index (χ4v) is 12.7. The summed E-state index contributed by atoms with van der Waals surface area (Å²) in [5, 5.41) is 4.70. The maximum Gasteiger partial charge on any atom is 0.171 e. The van der Waals surface area contributed by atoms with E-state index in [1.54, 1.807) is 0 Å². The molecule has 0 spiro atoms. The van der Waals surface area contributed by atoms with Gasteiger partial charge in [0.15, 0.2) is 14.3 Å². The first-order valence-electron chi connectivity index (χ1n) is 14.5. The van der Waals surface area contributed by atoms with Crippen LogP contribution in [0.25, 0.3) is 0 Å². The Balaban J connectivity index is 1.85. The Morgan fingerprint density at radius 2 is 0.619 bits per heavy atom. The first-order chi connectivity index (χ1) is 19.8. The number of hydrogen-bond donors (Lipinski definition) is 0. The molecule has 0 amide bonds. The lowest BCUT2D eigenvalue weighted by Gasteiger charge is -2.27. The van der Waals surface area contributed by atoms with E-state index in [4.69, 9.17) is 0 Å². The molecule has 4 heteroatoms. The molecule has 5 rings (SSSR count). The molecule has 0 N–H and O–H groups in total. The van der Waals surface area contributed by atoms with Crippen LogP contribution in [0.4, 0.5) is 0 Å². The third kappa shape index (κ3) is 5.17. The van der Waals surface area contributed by atoms with Crippen LogP contribution in [0, 0.1) is 55.4 Å². The molecule has 0 radical (unpaired) electrons. The van der Waals surface area contributed by atoms with Gasteiger partial charge in [-0.3, -0.25) is 0 Å². The summed E-state index contributed by atoms with van der Waals surface area (Å²) in [7, 11) is -6.66. The van der Waals surface area contributed by atoms with Crippen molar-refractivity contribution in [3.05, 3.63) is 142 Å². The Kier molecular flexibility index (Phi) is 8.10. The number of rotatable bonds is 6. The lowest BCUT2D eigenvalue weighted by Crippen LogP contribution is -2.33. The smallest absolute Gasteiger partial charge is 0.171 e. The Labute approximate surface area is 251 Å². The van der Waals surface area contributed by atoms with Crippen molar-refractivity contribution in [3.8, 4) is 0 Å². The zero-order valence-corrected chi connectivity index (χ0v) is 27.7. The Hall–Kier alpha value is -3.44. The molecule has 214 valence electrons. The molecule has 5 aromatic carbocycles. The number of benzene rings is 5. The van der Waals surface area contributed by atoms with Crippen LogP contribution in [0.2, 0.25) is 0 Å². The van der Waals surface area contributed by atoms with Gasteiger partial charge in [0.1, 0.15) is 0 Å². The summed E-state index contributed by atoms with van der Waals surface area (Å²) in [6, 6.07) is 32.5. The standard InChI is InChI=1S/C38H40O2P2/c1-25-12-16-35(29(5)20-25)41(39,36-17-13-26(2)21-30(36)6)33-10-9-11-34(24-33)42(40,37-18-14-27(3)22-31(37)7)38-19-15-28(4)23-32(38)8/h9-24H,1-8H3. The molecule has 0 saturated carbocycles. The average molecular weight is 591 g/mol. The van der Waals surface area contributed by atoms with Gasteiger partial charge in [-0.05, 0) is 83.7 Å². The van der Waals surface area contributed by atoms with Crippen LogP contribution in [0.15, 0.2) is 97.1 Å². The minimum absolute atomic E-state index is 0.702. The Morgan fingerprint density at radius 3 is 0.857 bits per heavy atom. The molecule has 0 aliphatic rings. The molecule has 42 heavy (non-hydrogen) atoms. The predicted octanol–water partition coefficient (Wildman–Crippen LogP) is 7.43. The zero-order valence-electron chi connectivity index (χ0n) is 25.9.